The smallest absolute Gasteiger partial charge is 0.0899 e. The molecule has 5 heteroatoms. The van der Waals surface area contributed by atoms with Gasteiger partial charge < -0.3 is 15.6 Å². The second-order valence-electron chi connectivity index (χ2n) is 5.51. The van der Waals surface area contributed by atoms with Crippen molar-refractivity contribution in [2.24, 2.45) is 11.1 Å². The molecule has 1 aromatic rings. The van der Waals surface area contributed by atoms with Crippen LogP contribution in [-0.4, -0.2) is 23.9 Å². The lowest BCUT2D eigenvalue weighted by Crippen LogP contribution is -2.44. The minimum Gasteiger partial charge on any atom is -0.388 e. The van der Waals surface area contributed by atoms with Crippen LogP contribution >= 0.6 is 23.2 Å². The highest BCUT2D eigenvalue weighted by molar-refractivity contribution is 6.42. The van der Waals surface area contributed by atoms with Gasteiger partial charge in [0.2, 0.25) is 0 Å². The molecule has 104 valence electrons. The number of rotatable bonds is 3. The van der Waals surface area contributed by atoms with Gasteiger partial charge in [0.1, 0.15) is 0 Å². The van der Waals surface area contributed by atoms with Crippen molar-refractivity contribution >= 4 is 23.2 Å². The zero-order valence-electron chi connectivity index (χ0n) is 10.5. The molecule has 0 spiro atoms. The van der Waals surface area contributed by atoms with Crippen molar-refractivity contribution in [1.29, 1.82) is 0 Å². The third kappa shape index (κ3) is 1.99. The van der Waals surface area contributed by atoms with Crippen LogP contribution in [-0.2, 0) is 4.74 Å². The second-order valence-corrected chi connectivity index (χ2v) is 6.30. The van der Waals surface area contributed by atoms with Crippen LogP contribution in [0.25, 0.3) is 0 Å². The first-order valence-electron chi connectivity index (χ1n) is 6.56. The summed E-state index contributed by atoms with van der Waals surface area (Å²) < 4.78 is 5.88. The lowest BCUT2D eigenvalue weighted by molar-refractivity contribution is -0.0263. The van der Waals surface area contributed by atoms with Crippen molar-refractivity contribution in [3.05, 3.63) is 33.8 Å². The molecule has 2 saturated heterocycles. The summed E-state index contributed by atoms with van der Waals surface area (Å²) in [6.45, 7) is 0.387. The molecule has 0 radical (unpaired) electrons. The summed E-state index contributed by atoms with van der Waals surface area (Å²) in [6, 6.07) is 5.32. The SMILES string of the molecule is NCC1(C(O)c2cccc(Cl)c2Cl)CC2CCC1O2. The molecular weight excluding hydrogens is 285 g/mol. The van der Waals surface area contributed by atoms with Gasteiger partial charge in [0.15, 0.2) is 0 Å². The van der Waals surface area contributed by atoms with Gasteiger partial charge in [-0.3, -0.25) is 0 Å². The predicted molar refractivity (Wildman–Crippen MR) is 75.4 cm³/mol. The van der Waals surface area contributed by atoms with Crippen LogP contribution < -0.4 is 5.73 Å². The summed E-state index contributed by atoms with van der Waals surface area (Å²) in [4.78, 5) is 0. The third-order valence-corrected chi connectivity index (χ3v) is 5.39. The highest BCUT2D eigenvalue weighted by Crippen LogP contribution is 2.54. The number of hydrogen-bond donors (Lipinski definition) is 2. The molecule has 3 N–H and O–H groups in total. The molecule has 3 nitrogen and oxygen atoms in total. The molecule has 0 amide bonds. The molecule has 1 aromatic carbocycles. The minimum absolute atomic E-state index is 0.0209. The Labute approximate surface area is 122 Å². The number of aliphatic hydroxyl groups excluding tert-OH is 1. The van der Waals surface area contributed by atoms with Crippen molar-refractivity contribution < 1.29 is 9.84 Å². The summed E-state index contributed by atoms with van der Waals surface area (Å²) in [5, 5.41) is 11.7. The van der Waals surface area contributed by atoms with E-state index >= 15 is 0 Å². The molecule has 2 heterocycles. The number of benzene rings is 1. The van der Waals surface area contributed by atoms with Crippen LogP contribution in [0.2, 0.25) is 10.0 Å². The Balaban J connectivity index is 1.98. The van der Waals surface area contributed by atoms with Crippen molar-refractivity contribution in [3.8, 4) is 0 Å². The van der Waals surface area contributed by atoms with E-state index < -0.39 is 11.5 Å². The van der Waals surface area contributed by atoms with E-state index in [2.05, 4.69) is 0 Å². The molecule has 2 aliphatic rings. The molecule has 19 heavy (non-hydrogen) atoms. The van der Waals surface area contributed by atoms with E-state index in [1.807, 2.05) is 6.07 Å². The first kappa shape index (κ1) is 13.7. The van der Waals surface area contributed by atoms with Gasteiger partial charge in [-0.1, -0.05) is 35.3 Å². The molecule has 2 fully saturated rings. The van der Waals surface area contributed by atoms with Crippen LogP contribution in [0.1, 0.15) is 30.9 Å². The molecule has 2 bridgehead atoms. The van der Waals surface area contributed by atoms with Gasteiger partial charge in [0.05, 0.1) is 28.4 Å². The first-order chi connectivity index (χ1) is 9.08. The fraction of sp³-hybridized carbons (Fsp3) is 0.571. The number of aliphatic hydroxyl groups is 1. The Morgan fingerprint density at radius 3 is 2.79 bits per heavy atom. The van der Waals surface area contributed by atoms with E-state index in [0.717, 1.165) is 19.3 Å². The fourth-order valence-electron chi connectivity index (χ4n) is 3.49. The lowest BCUT2D eigenvalue weighted by atomic mass is 9.68. The van der Waals surface area contributed by atoms with Gasteiger partial charge in [0, 0.05) is 17.5 Å². The van der Waals surface area contributed by atoms with E-state index in [9.17, 15) is 5.11 Å². The summed E-state index contributed by atoms with van der Waals surface area (Å²) >= 11 is 12.2. The zero-order valence-corrected chi connectivity index (χ0v) is 12.0. The summed E-state index contributed by atoms with van der Waals surface area (Å²) in [5.74, 6) is 0. The first-order valence-corrected chi connectivity index (χ1v) is 7.31. The molecule has 2 aliphatic heterocycles. The lowest BCUT2D eigenvalue weighted by Gasteiger charge is -2.39. The zero-order chi connectivity index (χ0) is 13.6. The molecule has 0 aromatic heterocycles. The third-order valence-electron chi connectivity index (χ3n) is 4.56. The molecule has 0 saturated carbocycles. The van der Waals surface area contributed by atoms with E-state index in [0.29, 0.717) is 22.2 Å². The standard InChI is InChI=1S/C14H17Cl2NO2/c15-10-3-1-2-9(12(10)16)13(18)14(7-17)6-8-4-5-11(14)19-8/h1-3,8,11,13,18H,4-7,17H2. The van der Waals surface area contributed by atoms with Crippen molar-refractivity contribution in [2.75, 3.05) is 6.54 Å². The van der Waals surface area contributed by atoms with E-state index in [4.69, 9.17) is 33.7 Å². The largest absolute Gasteiger partial charge is 0.388 e. The van der Waals surface area contributed by atoms with Crippen LogP contribution in [0.3, 0.4) is 0 Å². The van der Waals surface area contributed by atoms with Crippen molar-refractivity contribution in [1.82, 2.24) is 0 Å². The maximum atomic E-state index is 10.8. The molecule has 4 unspecified atom stereocenters. The highest BCUT2D eigenvalue weighted by atomic mass is 35.5. The van der Waals surface area contributed by atoms with E-state index in [1.54, 1.807) is 12.1 Å². The Hall–Kier alpha value is -0.320. The summed E-state index contributed by atoms with van der Waals surface area (Å²) in [6.07, 6.45) is 2.31. The Bertz CT molecular complexity index is 496. The number of nitrogens with two attached hydrogens (primary N) is 1. The summed E-state index contributed by atoms with van der Waals surface area (Å²) in [7, 11) is 0. The predicted octanol–water partition coefficient (Wildman–Crippen LogP) is 2.92. The average molecular weight is 302 g/mol. The van der Waals surface area contributed by atoms with Crippen LogP contribution in [0.4, 0.5) is 0 Å². The van der Waals surface area contributed by atoms with Crippen molar-refractivity contribution in [2.45, 2.75) is 37.6 Å². The van der Waals surface area contributed by atoms with Crippen molar-refractivity contribution in [3.63, 3.8) is 0 Å². The number of hydrogen-bond acceptors (Lipinski definition) is 3. The van der Waals surface area contributed by atoms with Crippen LogP contribution in [0.5, 0.6) is 0 Å². The Morgan fingerprint density at radius 2 is 2.21 bits per heavy atom. The second kappa shape index (κ2) is 4.90. The van der Waals surface area contributed by atoms with E-state index in [-0.39, 0.29) is 12.2 Å². The van der Waals surface area contributed by atoms with Gasteiger partial charge in [-0.2, -0.15) is 0 Å². The maximum absolute atomic E-state index is 10.8. The molecule has 3 rings (SSSR count). The number of fused-ring (bicyclic) bond motifs is 2. The monoisotopic (exact) mass is 301 g/mol. The minimum atomic E-state index is -0.737. The quantitative estimate of drug-likeness (QED) is 0.902. The van der Waals surface area contributed by atoms with Crippen LogP contribution in [0, 0.1) is 5.41 Å². The summed E-state index contributed by atoms with van der Waals surface area (Å²) in [5.41, 5.74) is 6.18. The Kier molecular flexibility index (Phi) is 3.52. The van der Waals surface area contributed by atoms with Gasteiger partial charge in [-0.05, 0) is 25.3 Å². The topological polar surface area (TPSA) is 55.5 Å². The van der Waals surface area contributed by atoms with Gasteiger partial charge in [-0.25, -0.2) is 0 Å². The van der Waals surface area contributed by atoms with E-state index in [1.165, 1.54) is 0 Å². The average Bonchev–Trinajstić information content (AvgIpc) is 3.02. The number of halogens is 2. The van der Waals surface area contributed by atoms with Crippen LogP contribution in [0.15, 0.2) is 18.2 Å². The fourth-order valence-corrected chi connectivity index (χ4v) is 3.90. The van der Waals surface area contributed by atoms with Gasteiger partial charge in [-0.15, -0.1) is 0 Å². The maximum Gasteiger partial charge on any atom is 0.0899 e. The Morgan fingerprint density at radius 1 is 1.42 bits per heavy atom. The molecule has 4 atom stereocenters. The normalized spacial score (nSPS) is 34.7. The molecular formula is C14H17Cl2NO2. The van der Waals surface area contributed by atoms with Gasteiger partial charge >= 0.3 is 0 Å². The van der Waals surface area contributed by atoms with Gasteiger partial charge in [0.25, 0.3) is 0 Å². The number of ether oxygens (including phenoxy) is 1. The highest BCUT2D eigenvalue weighted by Gasteiger charge is 2.56. The molecule has 0 aliphatic carbocycles.